The number of carbonyl (C=O) groups is 1. The molecule has 2 fully saturated rings. The lowest BCUT2D eigenvalue weighted by molar-refractivity contribution is -0.120. The highest BCUT2D eigenvalue weighted by Gasteiger charge is 2.26. The third-order valence-corrected chi connectivity index (χ3v) is 8.66. The molecule has 0 bridgehead atoms. The van der Waals surface area contributed by atoms with Gasteiger partial charge < -0.3 is 10.3 Å². The van der Waals surface area contributed by atoms with Gasteiger partial charge in [0.25, 0.3) is 0 Å². The van der Waals surface area contributed by atoms with Gasteiger partial charge in [-0.1, -0.05) is 67.3 Å². The third-order valence-electron chi connectivity index (χ3n) is 8.66. The third kappa shape index (κ3) is 6.42. The van der Waals surface area contributed by atoms with Crippen LogP contribution in [0.4, 0.5) is 0 Å². The van der Waals surface area contributed by atoms with Gasteiger partial charge in [0.2, 0.25) is 0 Å². The molecule has 0 amide bonds. The van der Waals surface area contributed by atoms with E-state index in [-0.39, 0.29) is 18.3 Å². The highest BCUT2D eigenvalue weighted by atomic mass is 35.5. The Morgan fingerprint density at radius 3 is 2.44 bits per heavy atom. The predicted octanol–water partition coefficient (Wildman–Crippen LogP) is 7.95. The van der Waals surface area contributed by atoms with E-state index in [2.05, 4.69) is 66.2 Å². The molecule has 0 aliphatic heterocycles. The Balaban J connectivity index is 0.00000304. The maximum absolute atomic E-state index is 13.5. The summed E-state index contributed by atoms with van der Waals surface area (Å²) < 4.78 is 2.50. The van der Waals surface area contributed by atoms with Gasteiger partial charge in [-0.25, -0.2) is 0 Å². The number of carbonyl (C=O) groups excluding carboxylic acids is 1. The van der Waals surface area contributed by atoms with Crippen LogP contribution in [0.15, 0.2) is 54.7 Å². The van der Waals surface area contributed by atoms with Gasteiger partial charge in [-0.05, 0) is 74.5 Å². The largest absolute Gasteiger partial charge is 0.347 e. The molecule has 0 radical (unpaired) electrons. The molecule has 0 spiro atoms. The molecule has 194 valence electrons. The second kappa shape index (κ2) is 12.4. The molecule has 2 saturated carbocycles. The Labute approximate surface area is 223 Å². The van der Waals surface area contributed by atoms with Crippen molar-refractivity contribution in [3.63, 3.8) is 0 Å². The molecule has 1 heterocycles. The summed E-state index contributed by atoms with van der Waals surface area (Å²) in [7, 11) is 0. The fourth-order valence-electron chi connectivity index (χ4n) is 6.67. The monoisotopic (exact) mass is 506 g/mol. The number of para-hydroxylation sites is 1. The number of hydrogen-bond donors (Lipinski definition) is 1. The lowest BCUT2D eigenvalue weighted by Crippen LogP contribution is -2.27. The number of benzene rings is 2. The van der Waals surface area contributed by atoms with Crippen LogP contribution in [0.5, 0.6) is 0 Å². The van der Waals surface area contributed by atoms with Gasteiger partial charge in [-0.3, -0.25) is 4.79 Å². The first-order valence-corrected chi connectivity index (χ1v) is 14.0. The Morgan fingerprint density at radius 2 is 1.69 bits per heavy atom. The number of ketones is 1. The summed E-state index contributed by atoms with van der Waals surface area (Å²) in [6.45, 7) is 3.25. The van der Waals surface area contributed by atoms with Crippen LogP contribution in [0, 0.1) is 18.8 Å². The number of Topliss-reactive ketones (excluding diaryl/α,β-unsaturated/α-hetero) is 1. The normalized spacial score (nSPS) is 21.7. The highest BCUT2D eigenvalue weighted by molar-refractivity contribution is 5.87. The van der Waals surface area contributed by atoms with Crippen molar-refractivity contribution in [1.29, 1.82) is 0 Å². The zero-order chi connectivity index (χ0) is 24.2. The van der Waals surface area contributed by atoms with Gasteiger partial charge >= 0.3 is 0 Å². The molecule has 0 saturated heterocycles. The maximum atomic E-state index is 13.5. The lowest BCUT2D eigenvalue weighted by atomic mass is 9.80. The average molecular weight is 507 g/mol. The fourth-order valence-corrected chi connectivity index (χ4v) is 6.67. The van der Waals surface area contributed by atoms with Crippen LogP contribution in [0.25, 0.3) is 10.9 Å². The van der Waals surface area contributed by atoms with Crippen molar-refractivity contribution >= 4 is 29.1 Å². The minimum Gasteiger partial charge on any atom is -0.347 e. The molecule has 1 unspecified atom stereocenters. The maximum Gasteiger partial charge on any atom is 0.134 e. The number of aryl methyl sites for hydroxylation is 1. The molecule has 2 N–H and O–H groups in total. The summed E-state index contributed by atoms with van der Waals surface area (Å²) in [5, 5.41) is 1.31. The number of fused-ring (bicyclic) bond motifs is 1. The fraction of sp³-hybridized carbons (Fsp3) is 0.531. The lowest BCUT2D eigenvalue weighted by Gasteiger charge is -2.26. The van der Waals surface area contributed by atoms with E-state index >= 15 is 0 Å². The molecule has 2 aromatic carbocycles. The summed E-state index contributed by atoms with van der Waals surface area (Å²) in [6, 6.07) is 18.0. The van der Waals surface area contributed by atoms with E-state index in [0.29, 0.717) is 30.6 Å². The molecule has 1 atom stereocenters. The summed E-state index contributed by atoms with van der Waals surface area (Å²) >= 11 is 0. The van der Waals surface area contributed by atoms with E-state index in [1.807, 2.05) is 0 Å². The van der Waals surface area contributed by atoms with Crippen LogP contribution in [0.1, 0.15) is 93.2 Å². The minimum atomic E-state index is 0. The van der Waals surface area contributed by atoms with Gasteiger partial charge in [0.15, 0.2) is 0 Å². The van der Waals surface area contributed by atoms with Crippen molar-refractivity contribution in [2.45, 2.75) is 96.1 Å². The standard InChI is InChI=1S/C32H42N2O.ClH/c1-23-8-7-11-26(18-23)30(20-28(35)19-24-14-16-27(33)17-15-24)31-22-34(21-25-9-3-2-4-10-25)32-13-6-5-12-29(31)32;/h5-8,11-13,18,22,24-25,27,30H,2-4,9-10,14-17,19-21,33H2,1H3;1H. The number of nitrogens with two attached hydrogens (primary N) is 1. The Hall–Kier alpha value is -2.10. The van der Waals surface area contributed by atoms with Crippen molar-refractivity contribution in [2.75, 3.05) is 0 Å². The molecule has 3 nitrogen and oxygen atoms in total. The molecular weight excluding hydrogens is 464 g/mol. The molecule has 1 aromatic heterocycles. The second-order valence-electron chi connectivity index (χ2n) is 11.5. The summed E-state index contributed by atoms with van der Waals surface area (Å²) in [5.41, 5.74) is 11.3. The Bertz CT molecular complexity index is 1140. The van der Waals surface area contributed by atoms with Crippen LogP contribution in [0.3, 0.4) is 0 Å². The van der Waals surface area contributed by atoms with Crippen LogP contribution >= 0.6 is 12.4 Å². The zero-order valence-electron chi connectivity index (χ0n) is 21.8. The number of aromatic nitrogens is 1. The number of nitrogens with zero attached hydrogens (tertiary/aromatic N) is 1. The van der Waals surface area contributed by atoms with E-state index < -0.39 is 0 Å². The molecule has 4 heteroatoms. The number of halogens is 1. The topological polar surface area (TPSA) is 48.0 Å². The van der Waals surface area contributed by atoms with E-state index in [9.17, 15) is 4.79 Å². The summed E-state index contributed by atoms with van der Waals surface area (Å²) in [5.74, 6) is 1.78. The van der Waals surface area contributed by atoms with Crippen LogP contribution in [0.2, 0.25) is 0 Å². The van der Waals surface area contributed by atoms with Crippen molar-refractivity contribution in [3.8, 4) is 0 Å². The van der Waals surface area contributed by atoms with Crippen LogP contribution in [-0.2, 0) is 11.3 Å². The van der Waals surface area contributed by atoms with Crippen molar-refractivity contribution < 1.29 is 4.79 Å². The minimum absolute atomic E-state index is 0. The highest BCUT2D eigenvalue weighted by Crippen LogP contribution is 2.37. The average Bonchev–Trinajstić information content (AvgIpc) is 3.23. The first-order valence-electron chi connectivity index (χ1n) is 14.0. The smallest absolute Gasteiger partial charge is 0.134 e. The zero-order valence-corrected chi connectivity index (χ0v) is 22.6. The molecule has 36 heavy (non-hydrogen) atoms. The van der Waals surface area contributed by atoms with E-state index in [1.54, 1.807) is 0 Å². The first-order chi connectivity index (χ1) is 17.1. The Morgan fingerprint density at radius 1 is 0.944 bits per heavy atom. The van der Waals surface area contributed by atoms with Gasteiger partial charge in [-0.2, -0.15) is 0 Å². The quantitative estimate of drug-likeness (QED) is 0.337. The molecule has 2 aliphatic carbocycles. The van der Waals surface area contributed by atoms with Crippen LogP contribution < -0.4 is 5.73 Å². The van der Waals surface area contributed by atoms with Gasteiger partial charge in [0, 0.05) is 48.4 Å². The molecule has 3 aromatic rings. The molecular formula is C32H43ClN2O. The van der Waals surface area contributed by atoms with E-state index in [4.69, 9.17) is 5.73 Å². The molecule has 2 aliphatic rings. The molecule has 5 rings (SSSR count). The summed E-state index contributed by atoms with van der Waals surface area (Å²) in [4.78, 5) is 13.5. The predicted molar refractivity (Wildman–Crippen MR) is 153 cm³/mol. The van der Waals surface area contributed by atoms with E-state index in [0.717, 1.165) is 38.1 Å². The van der Waals surface area contributed by atoms with Crippen LogP contribution in [-0.4, -0.2) is 16.4 Å². The first kappa shape index (κ1) is 26.9. The van der Waals surface area contributed by atoms with Crippen molar-refractivity contribution in [1.82, 2.24) is 4.57 Å². The SMILES string of the molecule is Cc1cccc(C(CC(=O)CC2CCC(N)CC2)c2cn(CC3CCCCC3)c3ccccc23)c1.Cl. The van der Waals surface area contributed by atoms with Crippen molar-refractivity contribution in [2.24, 2.45) is 17.6 Å². The van der Waals surface area contributed by atoms with Gasteiger partial charge in [0.05, 0.1) is 0 Å². The number of rotatable bonds is 8. The summed E-state index contributed by atoms with van der Waals surface area (Å²) in [6.07, 6.45) is 14.8. The van der Waals surface area contributed by atoms with Crippen molar-refractivity contribution in [3.05, 3.63) is 71.4 Å². The second-order valence-corrected chi connectivity index (χ2v) is 11.5. The van der Waals surface area contributed by atoms with Gasteiger partial charge in [0.1, 0.15) is 5.78 Å². The Kier molecular flexibility index (Phi) is 9.30. The number of hydrogen-bond acceptors (Lipinski definition) is 2. The van der Waals surface area contributed by atoms with Gasteiger partial charge in [-0.15, -0.1) is 12.4 Å². The van der Waals surface area contributed by atoms with E-state index in [1.165, 1.54) is 59.7 Å².